The van der Waals surface area contributed by atoms with E-state index in [1.807, 2.05) is 54.6 Å². The fraction of sp³-hybridized carbons (Fsp3) is 0.0714. The van der Waals surface area contributed by atoms with Gasteiger partial charge in [0.1, 0.15) is 0 Å². The maximum absolute atomic E-state index is 10.9. The molecule has 0 fully saturated rings. The second kappa shape index (κ2) is 5.34. The van der Waals surface area contributed by atoms with E-state index < -0.39 is 4.99 Å². The molecular formula is C14H10N4OS. The first kappa shape index (κ1) is 12.7. The zero-order chi connectivity index (χ0) is 13.8. The normalized spacial score (nSPS) is 15.4. The highest BCUT2D eigenvalue weighted by atomic mass is 32.2. The third kappa shape index (κ3) is 2.14. The van der Waals surface area contributed by atoms with E-state index in [1.165, 1.54) is 0 Å². The fourth-order valence-corrected chi connectivity index (χ4v) is 2.71. The van der Waals surface area contributed by atoms with Crippen LogP contribution in [0.25, 0.3) is 11.1 Å². The van der Waals surface area contributed by atoms with Crippen LogP contribution in [-0.2, 0) is 9.79 Å². The molecule has 98 valence electrons. The van der Waals surface area contributed by atoms with Crippen molar-refractivity contribution in [2.75, 3.05) is 0 Å². The Balaban J connectivity index is 2.18. The van der Waals surface area contributed by atoms with E-state index in [0.717, 1.165) is 28.5 Å². The summed E-state index contributed by atoms with van der Waals surface area (Å²) in [5.41, 5.74) is 3.51. The van der Waals surface area contributed by atoms with E-state index >= 15 is 0 Å². The smallest absolute Gasteiger partial charge is 0.272 e. The monoisotopic (exact) mass is 282 g/mol. The maximum atomic E-state index is 10.9. The lowest BCUT2D eigenvalue weighted by Crippen LogP contribution is -2.15. The number of carbonyl (C=O) groups excluding carboxylic acids is 1. The molecule has 0 saturated carbocycles. The van der Waals surface area contributed by atoms with E-state index in [0.29, 0.717) is 5.62 Å². The van der Waals surface area contributed by atoms with E-state index in [9.17, 15) is 4.79 Å². The third-order valence-electron chi connectivity index (χ3n) is 2.98. The van der Waals surface area contributed by atoms with Gasteiger partial charge in [0.05, 0.1) is 0 Å². The van der Waals surface area contributed by atoms with Crippen molar-refractivity contribution in [3.8, 4) is 11.1 Å². The molecule has 20 heavy (non-hydrogen) atoms. The molecule has 0 unspecified atom stereocenters. The summed E-state index contributed by atoms with van der Waals surface area (Å²) in [7, 11) is 0. The highest BCUT2D eigenvalue weighted by molar-refractivity contribution is 8.12. The van der Waals surface area contributed by atoms with Gasteiger partial charge < -0.3 is 0 Å². The van der Waals surface area contributed by atoms with Gasteiger partial charge in [0.2, 0.25) is 0 Å². The number of benzene rings is 2. The van der Waals surface area contributed by atoms with Gasteiger partial charge >= 0.3 is 0 Å². The van der Waals surface area contributed by atoms with Gasteiger partial charge in [-0.3, -0.25) is 4.79 Å². The van der Waals surface area contributed by atoms with Crippen LogP contribution < -0.4 is 0 Å². The van der Waals surface area contributed by atoms with Gasteiger partial charge in [-0.2, -0.15) is 0 Å². The highest BCUT2D eigenvalue weighted by Crippen LogP contribution is 2.45. The van der Waals surface area contributed by atoms with Crippen LogP contribution >= 0.6 is 11.8 Å². The lowest BCUT2D eigenvalue weighted by atomic mass is 9.98. The second-order valence-corrected chi connectivity index (χ2v) is 5.11. The van der Waals surface area contributed by atoms with Crippen molar-refractivity contribution in [1.82, 2.24) is 0 Å². The van der Waals surface area contributed by atoms with E-state index in [4.69, 9.17) is 0 Å². The summed E-state index contributed by atoms with van der Waals surface area (Å²) in [5, 5.41) is 15.2. The first-order valence-electron chi connectivity index (χ1n) is 5.96. The lowest BCUT2D eigenvalue weighted by molar-refractivity contribution is 0.568. The van der Waals surface area contributed by atoms with Crippen LogP contribution in [0, 0.1) is 0 Å². The van der Waals surface area contributed by atoms with Gasteiger partial charge in [0.15, 0.2) is 5.62 Å². The van der Waals surface area contributed by atoms with Crippen LogP contribution in [0.15, 0.2) is 75.3 Å². The molecule has 0 saturated heterocycles. The second-order valence-electron chi connectivity index (χ2n) is 4.11. The van der Waals surface area contributed by atoms with Crippen molar-refractivity contribution in [2.45, 2.75) is 4.99 Å². The first-order valence-corrected chi connectivity index (χ1v) is 6.84. The summed E-state index contributed by atoms with van der Waals surface area (Å²) in [6.45, 7) is 0. The molecule has 3 rings (SSSR count). The van der Waals surface area contributed by atoms with Gasteiger partial charge in [-0.05, 0) is 33.3 Å². The van der Waals surface area contributed by atoms with Gasteiger partial charge in [0, 0.05) is 5.56 Å². The molecule has 1 heterocycles. The van der Waals surface area contributed by atoms with Crippen LogP contribution in [0.4, 0.5) is 0 Å². The van der Waals surface area contributed by atoms with Crippen LogP contribution in [0.1, 0.15) is 5.56 Å². The largest absolute Gasteiger partial charge is 0.291 e. The van der Waals surface area contributed by atoms with E-state index in [1.54, 1.807) is 0 Å². The maximum Gasteiger partial charge on any atom is 0.272 e. The van der Waals surface area contributed by atoms with Crippen molar-refractivity contribution in [2.24, 2.45) is 20.7 Å². The van der Waals surface area contributed by atoms with Crippen molar-refractivity contribution >= 4 is 17.4 Å². The van der Waals surface area contributed by atoms with Crippen LogP contribution in [0.3, 0.4) is 0 Å². The molecule has 2 aromatic rings. The van der Waals surface area contributed by atoms with Gasteiger partial charge in [0.25, 0.3) is 4.99 Å². The van der Waals surface area contributed by atoms with E-state index in [2.05, 4.69) is 20.7 Å². The molecule has 0 spiro atoms. The summed E-state index contributed by atoms with van der Waals surface area (Å²) in [5.74, 6) is 0. The number of hydrogen-bond donors (Lipinski definition) is 0. The van der Waals surface area contributed by atoms with Gasteiger partial charge in [-0.25, -0.2) is 0 Å². The molecule has 2 aromatic carbocycles. The zero-order valence-corrected chi connectivity index (χ0v) is 11.2. The zero-order valence-electron chi connectivity index (χ0n) is 10.4. The average Bonchev–Trinajstić information content (AvgIpc) is 2.98. The lowest BCUT2D eigenvalue weighted by Gasteiger charge is -2.20. The van der Waals surface area contributed by atoms with Crippen LogP contribution in [0.2, 0.25) is 0 Å². The molecule has 1 aliphatic rings. The topological polar surface area (TPSA) is 66.5 Å². The summed E-state index contributed by atoms with van der Waals surface area (Å²) in [6.07, 6.45) is 0. The molecule has 6 heteroatoms. The summed E-state index contributed by atoms with van der Waals surface area (Å²) in [4.78, 5) is 9.84. The Morgan fingerprint density at radius 2 is 1.55 bits per heavy atom. The predicted molar refractivity (Wildman–Crippen MR) is 77.6 cm³/mol. The Bertz CT molecular complexity index is 673. The molecule has 0 radical (unpaired) electrons. The molecule has 0 aromatic heterocycles. The molecule has 5 nitrogen and oxygen atoms in total. The van der Waals surface area contributed by atoms with Crippen LogP contribution in [-0.4, -0.2) is 5.62 Å². The Labute approximate surface area is 119 Å². The Kier molecular flexibility index (Phi) is 3.39. The number of carbonyl (C=O) groups is 1. The Morgan fingerprint density at radius 3 is 2.25 bits per heavy atom. The van der Waals surface area contributed by atoms with E-state index in [-0.39, 0.29) is 0 Å². The molecule has 0 aliphatic carbocycles. The average molecular weight is 282 g/mol. The number of thioether (sulfide) groups is 1. The fourth-order valence-electron chi connectivity index (χ4n) is 2.10. The standard InChI is InChI=1S/C14H10N4OS/c19-10-20-14(15-17-18-16-14)13-9-5-4-8-12(13)11-6-2-1-3-7-11/h1-10H. The molecule has 0 N–H and O–H groups in total. The SMILES string of the molecule is O=CSC1(c2ccccc2-c2ccccc2)N=NN=N1. The summed E-state index contributed by atoms with van der Waals surface area (Å²) < 4.78 is 0. The Morgan fingerprint density at radius 1 is 0.900 bits per heavy atom. The first-order chi connectivity index (χ1) is 9.86. The van der Waals surface area contributed by atoms with Gasteiger partial charge in [-0.15, -0.1) is 10.2 Å². The Hall–Kier alpha value is -2.34. The molecule has 1 aliphatic heterocycles. The van der Waals surface area contributed by atoms with Crippen molar-refractivity contribution < 1.29 is 4.79 Å². The van der Waals surface area contributed by atoms with Crippen molar-refractivity contribution in [3.05, 3.63) is 60.2 Å². The predicted octanol–water partition coefficient (Wildman–Crippen LogP) is 4.22. The molecule has 0 bridgehead atoms. The number of rotatable bonds is 4. The highest BCUT2D eigenvalue weighted by Gasteiger charge is 2.38. The summed E-state index contributed by atoms with van der Waals surface area (Å²) in [6, 6.07) is 17.6. The minimum atomic E-state index is -1.10. The minimum absolute atomic E-state index is 0.713. The quantitative estimate of drug-likeness (QED) is 0.788. The summed E-state index contributed by atoms with van der Waals surface area (Å²) >= 11 is 0.947. The van der Waals surface area contributed by atoms with Gasteiger partial charge in [-0.1, -0.05) is 54.6 Å². The van der Waals surface area contributed by atoms with Crippen molar-refractivity contribution in [1.29, 1.82) is 0 Å². The van der Waals surface area contributed by atoms with Crippen molar-refractivity contribution in [3.63, 3.8) is 0 Å². The number of nitrogens with zero attached hydrogens (tertiary/aromatic N) is 4. The number of hydrogen-bond acceptors (Lipinski definition) is 6. The molecule has 0 amide bonds. The molecular weight excluding hydrogens is 272 g/mol. The van der Waals surface area contributed by atoms with Crippen LogP contribution in [0.5, 0.6) is 0 Å². The minimum Gasteiger partial charge on any atom is -0.291 e. The third-order valence-corrected chi connectivity index (χ3v) is 3.78. The molecule has 0 atom stereocenters.